The van der Waals surface area contributed by atoms with Crippen LogP contribution in [0.25, 0.3) is 0 Å². The fraction of sp³-hybridized carbons (Fsp3) is 0.833. The number of hydrogen-bond acceptors (Lipinski definition) is 2. The number of aliphatic carboxylic acids is 2. The van der Waals surface area contributed by atoms with Crippen LogP contribution in [0.3, 0.4) is 0 Å². The summed E-state index contributed by atoms with van der Waals surface area (Å²) in [5.41, 5.74) is 0. The number of carboxylic acids is 2. The van der Waals surface area contributed by atoms with Crippen molar-refractivity contribution >= 4 is 11.9 Å². The average Bonchev–Trinajstić information content (AvgIpc) is 2.21. The summed E-state index contributed by atoms with van der Waals surface area (Å²) in [6.45, 7) is 1.89. The van der Waals surface area contributed by atoms with E-state index in [-0.39, 0.29) is 12.3 Å². The lowest BCUT2D eigenvalue weighted by atomic mass is 9.98. The van der Waals surface area contributed by atoms with Gasteiger partial charge in [0.2, 0.25) is 0 Å². The van der Waals surface area contributed by atoms with Crippen LogP contribution in [0.2, 0.25) is 0 Å². The monoisotopic (exact) mass is 230 g/mol. The van der Waals surface area contributed by atoms with E-state index < -0.39 is 11.9 Å². The molecule has 4 nitrogen and oxygen atoms in total. The van der Waals surface area contributed by atoms with Crippen LogP contribution in [-0.2, 0) is 9.59 Å². The summed E-state index contributed by atoms with van der Waals surface area (Å²) >= 11 is 0. The molecule has 0 rings (SSSR count). The third kappa shape index (κ3) is 8.26. The molecule has 0 bridgehead atoms. The Hall–Kier alpha value is -1.06. The smallest absolute Gasteiger partial charge is 0.306 e. The fourth-order valence-corrected chi connectivity index (χ4v) is 1.70. The molecular formula is C12H22O4. The molecule has 0 spiro atoms. The molecule has 0 aromatic heterocycles. The van der Waals surface area contributed by atoms with Gasteiger partial charge in [0.15, 0.2) is 0 Å². The van der Waals surface area contributed by atoms with Crippen molar-refractivity contribution < 1.29 is 19.8 Å². The Morgan fingerprint density at radius 2 is 1.56 bits per heavy atom. The third-order valence-electron chi connectivity index (χ3n) is 2.79. The van der Waals surface area contributed by atoms with Crippen molar-refractivity contribution in [1.29, 1.82) is 0 Å². The Balaban J connectivity index is 3.32. The van der Waals surface area contributed by atoms with E-state index in [4.69, 9.17) is 10.2 Å². The van der Waals surface area contributed by atoms with Crippen LogP contribution in [0.1, 0.15) is 58.3 Å². The number of carboxylic acid groups (broad SMARTS) is 2. The predicted molar refractivity (Wildman–Crippen MR) is 61.4 cm³/mol. The van der Waals surface area contributed by atoms with Crippen molar-refractivity contribution in [2.75, 3.05) is 0 Å². The Labute approximate surface area is 96.7 Å². The van der Waals surface area contributed by atoms with Gasteiger partial charge in [-0.15, -0.1) is 0 Å². The Morgan fingerprint density at radius 3 is 2.06 bits per heavy atom. The van der Waals surface area contributed by atoms with Gasteiger partial charge in [-0.1, -0.05) is 32.6 Å². The van der Waals surface area contributed by atoms with Gasteiger partial charge >= 0.3 is 11.9 Å². The van der Waals surface area contributed by atoms with E-state index in [0.29, 0.717) is 6.42 Å². The highest BCUT2D eigenvalue weighted by Crippen LogP contribution is 2.15. The molecule has 0 heterocycles. The molecule has 16 heavy (non-hydrogen) atoms. The second-order valence-corrected chi connectivity index (χ2v) is 4.14. The number of unbranched alkanes of at least 4 members (excludes halogenated alkanes) is 4. The lowest BCUT2D eigenvalue weighted by Crippen LogP contribution is -2.12. The Morgan fingerprint density at radius 1 is 1.00 bits per heavy atom. The highest BCUT2D eigenvalue weighted by molar-refractivity contribution is 5.69. The number of hydrogen-bond donors (Lipinski definition) is 2. The first-order valence-electron chi connectivity index (χ1n) is 6.02. The first-order valence-corrected chi connectivity index (χ1v) is 6.02. The van der Waals surface area contributed by atoms with Crippen molar-refractivity contribution in [2.45, 2.75) is 58.3 Å². The van der Waals surface area contributed by atoms with Crippen molar-refractivity contribution in [3.8, 4) is 0 Å². The lowest BCUT2D eigenvalue weighted by molar-refractivity contribution is -0.142. The first-order chi connectivity index (χ1) is 7.57. The van der Waals surface area contributed by atoms with Crippen LogP contribution < -0.4 is 0 Å². The molecule has 0 saturated carbocycles. The molecule has 0 aromatic rings. The predicted octanol–water partition coefficient (Wildman–Crippen LogP) is 2.91. The summed E-state index contributed by atoms with van der Waals surface area (Å²) in [6.07, 6.45) is 6.26. The summed E-state index contributed by atoms with van der Waals surface area (Å²) in [7, 11) is 0. The van der Waals surface area contributed by atoms with Crippen LogP contribution >= 0.6 is 0 Å². The van der Waals surface area contributed by atoms with E-state index in [1.165, 1.54) is 0 Å². The third-order valence-corrected chi connectivity index (χ3v) is 2.79. The first kappa shape index (κ1) is 14.9. The van der Waals surface area contributed by atoms with Gasteiger partial charge in [0, 0.05) is 6.42 Å². The zero-order valence-electron chi connectivity index (χ0n) is 9.95. The molecule has 0 aliphatic carbocycles. The minimum Gasteiger partial charge on any atom is -0.481 e. The zero-order chi connectivity index (χ0) is 12.4. The Kier molecular flexibility index (Phi) is 8.58. The van der Waals surface area contributed by atoms with Gasteiger partial charge in [-0.25, -0.2) is 0 Å². The topological polar surface area (TPSA) is 74.6 Å². The van der Waals surface area contributed by atoms with Gasteiger partial charge in [0.05, 0.1) is 5.92 Å². The van der Waals surface area contributed by atoms with Crippen LogP contribution in [-0.4, -0.2) is 22.2 Å². The summed E-state index contributed by atoms with van der Waals surface area (Å²) < 4.78 is 0. The van der Waals surface area contributed by atoms with Gasteiger partial charge in [0.1, 0.15) is 0 Å². The van der Waals surface area contributed by atoms with Gasteiger partial charge in [-0.3, -0.25) is 9.59 Å². The SMILES string of the molecule is CCC(CCCCCCCC(=O)O)C(=O)O. The quantitative estimate of drug-likeness (QED) is 0.566. The molecule has 1 atom stereocenters. The normalized spacial score (nSPS) is 12.3. The molecule has 4 heteroatoms. The van der Waals surface area contributed by atoms with Crippen LogP contribution in [0.4, 0.5) is 0 Å². The van der Waals surface area contributed by atoms with Gasteiger partial charge < -0.3 is 10.2 Å². The van der Waals surface area contributed by atoms with Crippen LogP contribution in [0, 0.1) is 5.92 Å². The maximum atomic E-state index is 10.7. The minimum absolute atomic E-state index is 0.209. The second kappa shape index (κ2) is 9.19. The molecule has 94 valence electrons. The van der Waals surface area contributed by atoms with E-state index in [1.807, 2.05) is 6.92 Å². The van der Waals surface area contributed by atoms with Gasteiger partial charge in [-0.2, -0.15) is 0 Å². The molecule has 1 unspecified atom stereocenters. The number of carbonyl (C=O) groups is 2. The average molecular weight is 230 g/mol. The highest BCUT2D eigenvalue weighted by Gasteiger charge is 2.13. The largest absolute Gasteiger partial charge is 0.481 e. The summed E-state index contributed by atoms with van der Waals surface area (Å²) in [5, 5.41) is 17.2. The molecule has 0 radical (unpaired) electrons. The molecule has 0 amide bonds. The summed E-state index contributed by atoms with van der Waals surface area (Å²) in [6, 6.07) is 0. The second-order valence-electron chi connectivity index (χ2n) is 4.14. The minimum atomic E-state index is -0.739. The maximum absolute atomic E-state index is 10.7. The van der Waals surface area contributed by atoms with E-state index in [2.05, 4.69) is 0 Å². The molecule has 0 saturated heterocycles. The highest BCUT2D eigenvalue weighted by atomic mass is 16.4. The zero-order valence-corrected chi connectivity index (χ0v) is 9.95. The van der Waals surface area contributed by atoms with E-state index in [9.17, 15) is 9.59 Å². The van der Waals surface area contributed by atoms with Gasteiger partial charge in [-0.05, 0) is 19.3 Å². The van der Waals surface area contributed by atoms with E-state index in [1.54, 1.807) is 0 Å². The fourth-order valence-electron chi connectivity index (χ4n) is 1.70. The van der Waals surface area contributed by atoms with Gasteiger partial charge in [0.25, 0.3) is 0 Å². The summed E-state index contributed by atoms with van der Waals surface area (Å²) in [5.74, 6) is -1.65. The summed E-state index contributed by atoms with van der Waals surface area (Å²) in [4.78, 5) is 20.9. The van der Waals surface area contributed by atoms with Crippen LogP contribution in [0.15, 0.2) is 0 Å². The van der Waals surface area contributed by atoms with E-state index in [0.717, 1.165) is 38.5 Å². The van der Waals surface area contributed by atoms with Crippen molar-refractivity contribution in [2.24, 2.45) is 5.92 Å². The molecule has 0 fully saturated rings. The molecule has 0 aliphatic rings. The Bertz CT molecular complexity index is 213. The standard InChI is InChI=1S/C12H22O4/c1-2-10(12(15)16)8-6-4-3-5-7-9-11(13)14/h10H,2-9H2,1H3,(H,13,14)(H,15,16). The molecule has 0 aliphatic heterocycles. The van der Waals surface area contributed by atoms with Crippen molar-refractivity contribution in [1.82, 2.24) is 0 Å². The molecular weight excluding hydrogens is 208 g/mol. The number of rotatable bonds is 10. The van der Waals surface area contributed by atoms with Crippen molar-refractivity contribution in [3.63, 3.8) is 0 Å². The maximum Gasteiger partial charge on any atom is 0.306 e. The van der Waals surface area contributed by atoms with Crippen LogP contribution in [0.5, 0.6) is 0 Å². The molecule has 0 aromatic carbocycles. The van der Waals surface area contributed by atoms with E-state index >= 15 is 0 Å². The van der Waals surface area contributed by atoms with Crippen molar-refractivity contribution in [3.05, 3.63) is 0 Å². The lowest BCUT2D eigenvalue weighted by Gasteiger charge is -2.08. The molecule has 2 N–H and O–H groups in total.